The monoisotopic (exact) mass is 495 g/mol. The minimum Gasteiger partial charge on any atom is -0.385 e. The zero-order valence-electron chi connectivity index (χ0n) is 21.1. The van der Waals surface area contributed by atoms with Crippen molar-refractivity contribution in [3.05, 3.63) is 113 Å². The summed E-state index contributed by atoms with van der Waals surface area (Å²) in [5, 5.41) is 7.94. The molecule has 0 spiro atoms. The molecule has 2 aromatic heterocycles. The van der Waals surface area contributed by atoms with Crippen molar-refractivity contribution in [1.29, 1.82) is 0 Å². The van der Waals surface area contributed by atoms with Crippen LogP contribution in [-0.2, 0) is 0 Å². The summed E-state index contributed by atoms with van der Waals surface area (Å²) in [6, 6.07) is 27.1. The Kier molecular flexibility index (Phi) is 7.05. The van der Waals surface area contributed by atoms with Crippen molar-refractivity contribution < 1.29 is 0 Å². The number of para-hydroxylation sites is 2. The average Bonchev–Trinajstić information content (AvgIpc) is 3.34. The van der Waals surface area contributed by atoms with Gasteiger partial charge in [-0.15, -0.1) is 0 Å². The van der Waals surface area contributed by atoms with Gasteiger partial charge in [0, 0.05) is 47.6 Å². The van der Waals surface area contributed by atoms with Crippen LogP contribution in [0.5, 0.6) is 0 Å². The number of pyridine rings is 1. The first kappa shape index (κ1) is 24.1. The van der Waals surface area contributed by atoms with Crippen molar-refractivity contribution in [2.75, 3.05) is 18.4 Å². The molecular formula is C30H33N5S. The lowest BCUT2D eigenvalue weighted by Crippen LogP contribution is -2.32. The smallest absolute Gasteiger partial charge is 0.170 e. The summed E-state index contributed by atoms with van der Waals surface area (Å²) in [6.07, 6.45) is 2.84. The van der Waals surface area contributed by atoms with E-state index < -0.39 is 0 Å². The fraction of sp³-hybridized carbons (Fsp3) is 0.267. The van der Waals surface area contributed by atoms with Gasteiger partial charge in [-0.1, -0.05) is 42.5 Å². The number of hydrogen-bond donors (Lipinski definition) is 2. The second-order valence-electron chi connectivity index (χ2n) is 9.35. The van der Waals surface area contributed by atoms with Crippen LogP contribution in [0.4, 0.5) is 5.69 Å². The average molecular weight is 496 g/mol. The van der Waals surface area contributed by atoms with Gasteiger partial charge in [0.25, 0.3) is 0 Å². The number of nitrogens with zero attached hydrogens (tertiary/aromatic N) is 3. The van der Waals surface area contributed by atoms with Crippen molar-refractivity contribution >= 4 is 23.0 Å². The van der Waals surface area contributed by atoms with Crippen molar-refractivity contribution in [3.8, 4) is 5.69 Å². The zero-order chi connectivity index (χ0) is 25.1. The molecule has 6 heteroatoms. The van der Waals surface area contributed by atoms with Crippen molar-refractivity contribution in [1.82, 2.24) is 19.8 Å². The Bertz CT molecular complexity index is 1320. The second kappa shape index (κ2) is 10.5. The lowest BCUT2D eigenvalue weighted by molar-refractivity contribution is 0.314. The number of benzene rings is 2. The predicted octanol–water partition coefficient (Wildman–Crippen LogP) is 6.27. The summed E-state index contributed by atoms with van der Waals surface area (Å²) in [4.78, 5) is 7.09. The van der Waals surface area contributed by atoms with Crippen LogP contribution in [0.15, 0.2) is 85.1 Å². The summed E-state index contributed by atoms with van der Waals surface area (Å²) >= 11 is 5.92. The Balaban J connectivity index is 1.49. The number of hydrogen-bond acceptors (Lipinski definition) is 3. The van der Waals surface area contributed by atoms with E-state index in [0.29, 0.717) is 0 Å². The van der Waals surface area contributed by atoms with Gasteiger partial charge in [0.15, 0.2) is 5.11 Å². The standard InChI is InChI=1S/C30H33N5S/c1-21-22(2)35(25-15-8-5-9-16-25)23(3)27(21)29-28(26-17-10-11-18-32-26)33-30(36)34(29)20-12-19-31-24-13-6-4-7-14-24/h4-11,13-18,28-29,31H,12,19-20H2,1-3H3,(H,33,36)/t28-,29-/m0/s1. The normalized spacial score (nSPS) is 17.3. The molecular weight excluding hydrogens is 462 g/mol. The predicted molar refractivity (Wildman–Crippen MR) is 152 cm³/mol. The van der Waals surface area contributed by atoms with Crippen LogP contribution in [-0.4, -0.2) is 32.7 Å². The molecule has 1 fully saturated rings. The highest BCUT2D eigenvalue weighted by Gasteiger charge is 2.42. The van der Waals surface area contributed by atoms with Crippen LogP contribution in [0.2, 0.25) is 0 Å². The van der Waals surface area contributed by atoms with Crippen LogP contribution >= 0.6 is 12.2 Å². The molecule has 3 heterocycles. The van der Waals surface area contributed by atoms with Gasteiger partial charge < -0.3 is 20.1 Å². The number of thiocarbonyl (C=S) groups is 1. The quantitative estimate of drug-likeness (QED) is 0.223. The van der Waals surface area contributed by atoms with E-state index in [2.05, 4.69) is 108 Å². The number of rotatable bonds is 8. The molecule has 0 radical (unpaired) electrons. The number of aromatic nitrogens is 2. The van der Waals surface area contributed by atoms with Gasteiger partial charge in [-0.2, -0.15) is 0 Å². The van der Waals surface area contributed by atoms with Crippen molar-refractivity contribution in [2.45, 2.75) is 39.3 Å². The van der Waals surface area contributed by atoms with Gasteiger partial charge in [0.05, 0.1) is 17.8 Å². The minimum absolute atomic E-state index is 0.00999. The summed E-state index contributed by atoms with van der Waals surface area (Å²) < 4.78 is 2.37. The fourth-order valence-electron chi connectivity index (χ4n) is 5.40. The third-order valence-corrected chi connectivity index (χ3v) is 7.55. The van der Waals surface area contributed by atoms with Crippen LogP contribution in [0.1, 0.15) is 46.7 Å². The maximum absolute atomic E-state index is 5.92. The molecule has 2 atom stereocenters. The van der Waals surface area contributed by atoms with E-state index in [9.17, 15) is 0 Å². The summed E-state index contributed by atoms with van der Waals surface area (Å²) in [5.74, 6) is 0. The van der Waals surface area contributed by atoms with E-state index >= 15 is 0 Å². The largest absolute Gasteiger partial charge is 0.385 e. The molecule has 5 nitrogen and oxygen atoms in total. The first-order valence-electron chi connectivity index (χ1n) is 12.6. The molecule has 0 unspecified atom stereocenters. The maximum atomic E-state index is 5.92. The van der Waals surface area contributed by atoms with Gasteiger partial charge >= 0.3 is 0 Å². The third kappa shape index (κ3) is 4.61. The van der Waals surface area contributed by atoms with E-state index in [1.54, 1.807) is 0 Å². The van der Waals surface area contributed by atoms with E-state index in [1.807, 2.05) is 18.3 Å². The van der Waals surface area contributed by atoms with Gasteiger partial charge in [0.1, 0.15) is 0 Å². The highest BCUT2D eigenvalue weighted by Crippen LogP contribution is 2.43. The van der Waals surface area contributed by atoms with E-state index in [0.717, 1.165) is 36.0 Å². The molecule has 0 amide bonds. The van der Waals surface area contributed by atoms with Crippen molar-refractivity contribution in [2.24, 2.45) is 0 Å². The second-order valence-corrected chi connectivity index (χ2v) is 9.73. The Hall–Kier alpha value is -3.64. The first-order chi connectivity index (χ1) is 17.6. The Morgan fingerprint density at radius 1 is 0.889 bits per heavy atom. The molecule has 0 bridgehead atoms. The lowest BCUT2D eigenvalue weighted by atomic mass is 9.93. The highest BCUT2D eigenvalue weighted by atomic mass is 32.1. The third-order valence-electron chi connectivity index (χ3n) is 7.19. The molecule has 2 N–H and O–H groups in total. The topological polar surface area (TPSA) is 45.1 Å². The molecule has 1 aliphatic rings. The molecule has 4 aromatic rings. The number of anilines is 1. The van der Waals surface area contributed by atoms with E-state index in [1.165, 1.54) is 28.2 Å². The van der Waals surface area contributed by atoms with Crippen LogP contribution in [0.3, 0.4) is 0 Å². The number of nitrogens with one attached hydrogen (secondary N) is 2. The van der Waals surface area contributed by atoms with Gasteiger partial charge in [-0.05, 0) is 81.4 Å². The van der Waals surface area contributed by atoms with Crippen LogP contribution in [0.25, 0.3) is 5.69 Å². The lowest BCUT2D eigenvalue weighted by Gasteiger charge is -2.29. The maximum Gasteiger partial charge on any atom is 0.170 e. The molecule has 2 aromatic carbocycles. The summed E-state index contributed by atoms with van der Waals surface area (Å²) in [7, 11) is 0. The molecule has 0 saturated carbocycles. The van der Waals surface area contributed by atoms with Crippen molar-refractivity contribution in [3.63, 3.8) is 0 Å². The molecule has 1 aliphatic heterocycles. The van der Waals surface area contributed by atoms with Gasteiger partial charge in [-0.25, -0.2) is 0 Å². The first-order valence-corrected chi connectivity index (χ1v) is 13.0. The van der Waals surface area contributed by atoms with Gasteiger partial charge in [-0.3, -0.25) is 4.98 Å². The van der Waals surface area contributed by atoms with Gasteiger partial charge in [0.2, 0.25) is 0 Å². The van der Waals surface area contributed by atoms with E-state index in [4.69, 9.17) is 17.2 Å². The molecule has 1 saturated heterocycles. The molecule has 36 heavy (non-hydrogen) atoms. The zero-order valence-corrected chi connectivity index (χ0v) is 21.9. The minimum atomic E-state index is -0.00999. The van der Waals surface area contributed by atoms with E-state index in [-0.39, 0.29) is 12.1 Å². The highest BCUT2D eigenvalue weighted by molar-refractivity contribution is 7.80. The Morgan fingerprint density at radius 3 is 2.28 bits per heavy atom. The fourth-order valence-corrected chi connectivity index (χ4v) is 5.74. The Morgan fingerprint density at radius 2 is 1.58 bits per heavy atom. The molecule has 0 aliphatic carbocycles. The summed E-state index contributed by atoms with van der Waals surface area (Å²) in [6.45, 7) is 8.42. The Labute approximate surface area is 219 Å². The SMILES string of the molecule is Cc1c([C@H]2[C@H](c3ccccn3)NC(=S)N2CCCNc2ccccc2)c(C)n(-c2ccccc2)c1C. The molecule has 5 rings (SSSR count). The molecule has 184 valence electrons. The van der Waals surface area contributed by atoms with Crippen LogP contribution in [0, 0.1) is 20.8 Å². The summed E-state index contributed by atoms with van der Waals surface area (Å²) in [5.41, 5.74) is 8.49. The van der Waals surface area contributed by atoms with Crippen LogP contribution < -0.4 is 10.6 Å².